The van der Waals surface area contributed by atoms with Gasteiger partial charge in [-0.2, -0.15) is 0 Å². The van der Waals surface area contributed by atoms with Crippen molar-refractivity contribution in [2.75, 3.05) is 0 Å². The van der Waals surface area contributed by atoms with Crippen LogP contribution in [0.25, 0.3) is 11.1 Å². The number of halogens is 1. The molecule has 2 saturated carbocycles. The molecular formula is C30H33FO. The summed E-state index contributed by atoms with van der Waals surface area (Å²) >= 11 is 0. The summed E-state index contributed by atoms with van der Waals surface area (Å²) in [5.74, 6) is 3.84. The number of fused-ring (bicyclic) bond motifs is 1. The molecule has 0 amide bonds. The zero-order valence-electron chi connectivity index (χ0n) is 19.0. The molecule has 0 spiro atoms. The van der Waals surface area contributed by atoms with Crippen LogP contribution in [0.4, 0.5) is 4.39 Å². The Hall–Kier alpha value is -2.61. The van der Waals surface area contributed by atoms with Gasteiger partial charge in [-0.25, -0.2) is 4.39 Å². The van der Waals surface area contributed by atoms with Gasteiger partial charge in [0.25, 0.3) is 0 Å². The first-order valence-corrected chi connectivity index (χ1v) is 12.2. The van der Waals surface area contributed by atoms with E-state index in [0.717, 1.165) is 34.6 Å². The summed E-state index contributed by atoms with van der Waals surface area (Å²) in [4.78, 5) is 0. The van der Waals surface area contributed by atoms with E-state index in [4.69, 9.17) is 4.74 Å². The van der Waals surface area contributed by atoms with Crippen molar-refractivity contribution in [2.45, 2.75) is 58.0 Å². The maximum Gasteiger partial charge on any atom is 0.131 e. The minimum atomic E-state index is -0.111. The number of rotatable bonds is 5. The third-order valence-electron chi connectivity index (χ3n) is 7.75. The van der Waals surface area contributed by atoms with E-state index in [0.29, 0.717) is 18.1 Å². The fourth-order valence-electron chi connectivity index (χ4n) is 5.92. The van der Waals surface area contributed by atoms with Crippen molar-refractivity contribution < 1.29 is 9.13 Å². The molecule has 5 rings (SSSR count). The Balaban J connectivity index is 1.24. The first-order valence-electron chi connectivity index (χ1n) is 12.2. The maximum absolute atomic E-state index is 15.1. The molecule has 1 nitrogen and oxygen atoms in total. The summed E-state index contributed by atoms with van der Waals surface area (Å²) in [6.45, 7) is 2.93. The van der Waals surface area contributed by atoms with E-state index in [9.17, 15) is 0 Å². The average molecular weight is 429 g/mol. The van der Waals surface area contributed by atoms with E-state index in [1.54, 1.807) is 6.07 Å². The average Bonchev–Trinajstić information content (AvgIpc) is 2.83. The zero-order chi connectivity index (χ0) is 21.9. The molecule has 0 heterocycles. The second-order valence-electron chi connectivity index (χ2n) is 9.99. The van der Waals surface area contributed by atoms with E-state index in [1.807, 2.05) is 60.7 Å². The molecule has 2 fully saturated rings. The van der Waals surface area contributed by atoms with Gasteiger partial charge in [-0.15, -0.1) is 0 Å². The quantitative estimate of drug-likeness (QED) is 0.396. The van der Waals surface area contributed by atoms with Gasteiger partial charge < -0.3 is 4.74 Å². The van der Waals surface area contributed by atoms with Crippen molar-refractivity contribution in [3.8, 4) is 16.9 Å². The summed E-state index contributed by atoms with van der Waals surface area (Å²) in [5.41, 5.74) is 3.88. The van der Waals surface area contributed by atoms with Crippen LogP contribution in [-0.4, -0.2) is 0 Å². The smallest absolute Gasteiger partial charge is 0.131 e. The first-order chi connectivity index (χ1) is 15.7. The standard InChI is InChI=1S/C30H33FO/c1-21-7-8-25-18-26(10-9-24(25)17-21)27-13-16-29(30(31)19-27)23-11-14-28(15-12-23)32-20-22-5-3-2-4-6-22/h2-6,11-16,19,21,24-26H,7-10,17-18,20H2,1H3. The molecule has 2 heteroatoms. The molecule has 0 radical (unpaired) electrons. The number of benzene rings is 3. The van der Waals surface area contributed by atoms with E-state index in [2.05, 4.69) is 13.0 Å². The SMILES string of the molecule is CC1CCC2CC(c3ccc(-c4ccc(OCc5ccccc5)cc4)c(F)c3)CCC2C1. The summed E-state index contributed by atoms with van der Waals surface area (Å²) in [7, 11) is 0. The van der Waals surface area contributed by atoms with Gasteiger partial charge in [0.1, 0.15) is 18.2 Å². The predicted octanol–water partition coefficient (Wildman–Crippen LogP) is 8.39. The molecule has 0 aliphatic heterocycles. The lowest BCUT2D eigenvalue weighted by Gasteiger charge is -2.41. The van der Waals surface area contributed by atoms with Crippen molar-refractivity contribution in [2.24, 2.45) is 17.8 Å². The molecule has 3 aromatic rings. The van der Waals surface area contributed by atoms with Crippen LogP contribution in [0.3, 0.4) is 0 Å². The lowest BCUT2D eigenvalue weighted by Crippen LogP contribution is -2.29. The van der Waals surface area contributed by atoms with Crippen LogP contribution >= 0.6 is 0 Å². The molecule has 3 aromatic carbocycles. The lowest BCUT2D eigenvalue weighted by molar-refractivity contribution is 0.124. The van der Waals surface area contributed by atoms with Crippen molar-refractivity contribution in [1.29, 1.82) is 0 Å². The molecule has 2 aliphatic carbocycles. The molecule has 2 aliphatic rings. The first kappa shape index (κ1) is 21.2. The van der Waals surface area contributed by atoms with Crippen molar-refractivity contribution in [3.05, 3.63) is 89.7 Å². The monoisotopic (exact) mass is 428 g/mol. The normalized spacial score (nSPS) is 25.2. The van der Waals surface area contributed by atoms with E-state index in [-0.39, 0.29) is 5.82 Å². The van der Waals surface area contributed by atoms with Crippen molar-refractivity contribution in [3.63, 3.8) is 0 Å². The number of hydrogen-bond acceptors (Lipinski definition) is 1. The summed E-state index contributed by atoms with van der Waals surface area (Å²) in [6, 6.07) is 23.8. The minimum Gasteiger partial charge on any atom is -0.489 e. The molecule has 166 valence electrons. The number of hydrogen-bond donors (Lipinski definition) is 0. The van der Waals surface area contributed by atoms with Crippen LogP contribution in [0.15, 0.2) is 72.8 Å². The summed E-state index contributed by atoms with van der Waals surface area (Å²) in [6.07, 6.45) is 7.89. The highest BCUT2D eigenvalue weighted by Gasteiger charge is 2.34. The van der Waals surface area contributed by atoms with Crippen LogP contribution in [0.1, 0.15) is 62.5 Å². The fourth-order valence-corrected chi connectivity index (χ4v) is 5.92. The van der Waals surface area contributed by atoms with Crippen LogP contribution in [-0.2, 0) is 6.61 Å². The number of ether oxygens (including phenoxy) is 1. The molecular weight excluding hydrogens is 395 g/mol. The van der Waals surface area contributed by atoms with Crippen molar-refractivity contribution in [1.82, 2.24) is 0 Å². The molecule has 0 N–H and O–H groups in total. The third-order valence-corrected chi connectivity index (χ3v) is 7.75. The van der Waals surface area contributed by atoms with Crippen LogP contribution in [0.2, 0.25) is 0 Å². The van der Waals surface area contributed by atoms with E-state index >= 15 is 4.39 Å². The Kier molecular flexibility index (Phi) is 6.30. The van der Waals surface area contributed by atoms with Gasteiger partial charge in [0.15, 0.2) is 0 Å². The van der Waals surface area contributed by atoms with Gasteiger partial charge in [-0.05, 0) is 90.7 Å². The van der Waals surface area contributed by atoms with Gasteiger partial charge in [-0.3, -0.25) is 0 Å². The predicted molar refractivity (Wildman–Crippen MR) is 129 cm³/mol. The third kappa shape index (κ3) is 4.75. The maximum atomic E-state index is 15.1. The highest BCUT2D eigenvalue weighted by atomic mass is 19.1. The Morgan fingerprint density at radius 1 is 0.812 bits per heavy atom. The van der Waals surface area contributed by atoms with Gasteiger partial charge >= 0.3 is 0 Å². The summed E-state index contributed by atoms with van der Waals surface area (Å²) < 4.78 is 21.0. The minimum absolute atomic E-state index is 0.111. The van der Waals surface area contributed by atoms with Crippen LogP contribution in [0.5, 0.6) is 5.75 Å². The van der Waals surface area contributed by atoms with Crippen molar-refractivity contribution >= 4 is 0 Å². The molecule has 0 aromatic heterocycles. The van der Waals surface area contributed by atoms with Gasteiger partial charge in [0, 0.05) is 5.56 Å². The molecule has 0 saturated heterocycles. The van der Waals surface area contributed by atoms with E-state index in [1.165, 1.54) is 44.1 Å². The Morgan fingerprint density at radius 2 is 1.56 bits per heavy atom. The van der Waals surface area contributed by atoms with Crippen LogP contribution < -0.4 is 4.74 Å². The molecule has 32 heavy (non-hydrogen) atoms. The Labute approximate surface area is 191 Å². The van der Waals surface area contributed by atoms with E-state index < -0.39 is 0 Å². The van der Waals surface area contributed by atoms with Gasteiger partial charge in [-0.1, -0.05) is 67.9 Å². The molecule has 0 bridgehead atoms. The highest BCUT2D eigenvalue weighted by Crippen LogP contribution is 2.47. The second-order valence-corrected chi connectivity index (χ2v) is 9.99. The Morgan fingerprint density at radius 3 is 2.34 bits per heavy atom. The molecule has 4 unspecified atom stereocenters. The lowest BCUT2D eigenvalue weighted by atomic mass is 9.64. The van der Waals surface area contributed by atoms with Crippen LogP contribution in [0, 0.1) is 23.6 Å². The largest absolute Gasteiger partial charge is 0.489 e. The summed E-state index contributed by atoms with van der Waals surface area (Å²) in [5, 5.41) is 0. The second kappa shape index (κ2) is 9.48. The Bertz CT molecular complexity index is 1030. The van der Waals surface area contributed by atoms with Gasteiger partial charge in [0.2, 0.25) is 0 Å². The van der Waals surface area contributed by atoms with Gasteiger partial charge in [0.05, 0.1) is 0 Å². The topological polar surface area (TPSA) is 9.23 Å². The fraction of sp³-hybridized carbons (Fsp3) is 0.400. The molecule has 4 atom stereocenters. The highest BCUT2D eigenvalue weighted by molar-refractivity contribution is 5.65. The zero-order valence-corrected chi connectivity index (χ0v) is 19.0.